The zero-order valence-electron chi connectivity index (χ0n) is 10.4. The van der Waals surface area contributed by atoms with E-state index in [1.165, 1.54) is 6.07 Å². The third-order valence-corrected chi connectivity index (χ3v) is 3.26. The van der Waals surface area contributed by atoms with E-state index in [2.05, 4.69) is 5.32 Å². The maximum atomic E-state index is 12.6. The molecule has 9 heteroatoms. The zero-order valence-corrected chi connectivity index (χ0v) is 11.3. The van der Waals surface area contributed by atoms with Crippen molar-refractivity contribution in [2.45, 2.75) is 19.1 Å². The van der Waals surface area contributed by atoms with Crippen molar-refractivity contribution in [3.63, 3.8) is 0 Å². The lowest BCUT2D eigenvalue weighted by Gasteiger charge is -2.20. The van der Waals surface area contributed by atoms with Gasteiger partial charge in [-0.1, -0.05) is 12.1 Å². The number of hydrogen-bond donors (Lipinski definition) is 3. The second-order valence-electron chi connectivity index (χ2n) is 4.22. The van der Waals surface area contributed by atoms with Gasteiger partial charge in [-0.15, -0.1) is 0 Å². The summed E-state index contributed by atoms with van der Waals surface area (Å²) in [5.74, 6) is -0.596. The molecule has 0 aromatic heterocycles. The first kappa shape index (κ1) is 16.7. The smallest absolute Gasteiger partial charge is 0.349 e. The highest BCUT2D eigenvalue weighted by atomic mass is 31.2. The molecule has 1 atom stereocenters. The van der Waals surface area contributed by atoms with Gasteiger partial charge < -0.3 is 15.1 Å². The topological polar surface area (TPSA) is 86.6 Å². The molecule has 5 nitrogen and oxygen atoms in total. The Bertz CT molecular complexity index is 541. The Morgan fingerprint density at radius 1 is 1.40 bits per heavy atom. The summed E-state index contributed by atoms with van der Waals surface area (Å²) in [6.45, 7) is 1.11. The molecule has 1 amide bonds. The van der Waals surface area contributed by atoms with Crippen molar-refractivity contribution in [1.29, 1.82) is 0 Å². The van der Waals surface area contributed by atoms with Gasteiger partial charge in [-0.05, 0) is 17.7 Å². The van der Waals surface area contributed by atoms with Gasteiger partial charge in [0.2, 0.25) is 5.91 Å². The van der Waals surface area contributed by atoms with Crippen LogP contribution in [-0.4, -0.2) is 21.9 Å². The second kappa shape index (κ2) is 5.95. The number of carbonyl (C=O) groups is 1. The van der Waals surface area contributed by atoms with E-state index in [1.54, 1.807) is 0 Å². The third-order valence-electron chi connectivity index (χ3n) is 2.41. The van der Waals surface area contributed by atoms with Crippen molar-refractivity contribution in [1.82, 2.24) is 5.32 Å². The fourth-order valence-corrected chi connectivity index (χ4v) is 2.43. The highest BCUT2D eigenvalue weighted by Crippen LogP contribution is 2.40. The van der Waals surface area contributed by atoms with Crippen LogP contribution in [-0.2, 0) is 15.5 Å². The van der Waals surface area contributed by atoms with Crippen molar-refractivity contribution in [3.05, 3.63) is 35.4 Å². The van der Waals surface area contributed by atoms with Crippen molar-refractivity contribution in [3.8, 4) is 0 Å². The van der Waals surface area contributed by atoms with E-state index in [1.807, 2.05) is 0 Å². The first-order valence-corrected chi connectivity index (χ1v) is 7.27. The van der Waals surface area contributed by atoms with Crippen LogP contribution >= 0.6 is 7.60 Å². The minimum absolute atomic E-state index is 0.0154. The maximum Gasteiger partial charge on any atom is 0.416 e. The summed E-state index contributed by atoms with van der Waals surface area (Å²) < 4.78 is 48.8. The molecule has 0 bridgehead atoms. The Morgan fingerprint density at radius 2 is 2.00 bits per heavy atom. The van der Waals surface area contributed by atoms with Crippen LogP contribution in [0.5, 0.6) is 0 Å². The summed E-state index contributed by atoms with van der Waals surface area (Å²) in [6.07, 6.45) is -5.34. The van der Waals surface area contributed by atoms with Crippen LogP contribution in [0.2, 0.25) is 0 Å². The fraction of sp³-hybridized carbons (Fsp3) is 0.364. The molecule has 0 heterocycles. The molecule has 3 N–H and O–H groups in total. The lowest BCUT2D eigenvalue weighted by atomic mass is 10.0. The van der Waals surface area contributed by atoms with Gasteiger partial charge in [0.25, 0.3) is 0 Å². The molecule has 0 radical (unpaired) electrons. The molecule has 112 valence electrons. The van der Waals surface area contributed by atoms with Gasteiger partial charge in [-0.2, -0.15) is 13.2 Å². The standard InChI is InChI=1S/C11H13F3NO4P/c1-7(16)15-10(6-20(17,18)19)8-3-2-4-9(5-8)11(12,13)14/h2-5,10H,6H2,1H3,(H,15,16)(H2,17,18,19). The summed E-state index contributed by atoms with van der Waals surface area (Å²) in [6, 6.07) is 2.80. The van der Waals surface area contributed by atoms with Gasteiger partial charge in [0.1, 0.15) is 0 Å². The van der Waals surface area contributed by atoms with Gasteiger partial charge in [0.05, 0.1) is 17.8 Å². The molecule has 0 saturated heterocycles. The van der Waals surface area contributed by atoms with Crippen molar-refractivity contribution < 1.29 is 32.3 Å². The van der Waals surface area contributed by atoms with Gasteiger partial charge in [0.15, 0.2) is 0 Å². The molecule has 1 aromatic rings. The highest BCUT2D eigenvalue weighted by Gasteiger charge is 2.32. The molecular formula is C11H13F3NO4P. The molecule has 1 rings (SSSR count). The van der Waals surface area contributed by atoms with Crippen LogP contribution in [0, 0.1) is 0 Å². The molecule has 20 heavy (non-hydrogen) atoms. The average molecular weight is 311 g/mol. The minimum Gasteiger partial charge on any atom is -0.349 e. The fourth-order valence-electron chi connectivity index (χ4n) is 1.65. The predicted molar refractivity (Wildman–Crippen MR) is 64.9 cm³/mol. The van der Waals surface area contributed by atoms with Crippen molar-refractivity contribution in [2.75, 3.05) is 6.16 Å². The Morgan fingerprint density at radius 3 is 2.45 bits per heavy atom. The van der Waals surface area contributed by atoms with E-state index in [-0.39, 0.29) is 5.56 Å². The Labute approximate surface area is 113 Å². The van der Waals surface area contributed by atoms with Gasteiger partial charge in [-0.3, -0.25) is 9.36 Å². The van der Waals surface area contributed by atoms with Crippen LogP contribution in [0.15, 0.2) is 24.3 Å². The van der Waals surface area contributed by atoms with E-state index in [0.29, 0.717) is 0 Å². The van der Waals surface area contributed by atoms with E-state index in [9.17, 15) is 22.5 Å². The monoisotopic (exact) mass is 311 g/mol. The zero-order chi connectivity index (χ0) is 15.6. The van der Waals surface area contributed by atoms with Crippen molar-refractivity contribution >= 4 is 13.5 Å². The SMILES string of the molecule is CC(=O)NC(CP(=O)(O)O)c1cccc(C(F)(F)F)c1. The summed E-state index contributed by atoms with van der Waals surface area (Å²) in [5.41, 5.74) is -0.964. The lowest BCUT2D eigenvalue weighted by Crippen LogP contribution is -2.28. The molecule has 0 aliphatic carbocycles. The number of hydrogen-bond acceptors (Lipinski definition) is 2. The summed E-state index contributed by atoms with van der Waals surface area (Å²) in [4.78, 5) is 28.9. The van der Waals surface area contributed by atoms with E-state index < -0.39 is 37.4 Å². The van der Waals surface area contributed by atoms with Crippen LogP contribution in [0.4, 0.5) is 13.2 Å². The van der Waals surface area contributed by atoms with E-state index in [0.717, 1.165) is 25.1 Å². The van der Waals surface area contributed by atoms with E-state index in [4.69, 9.17) is 9.79 Å². The lowest BCUT2D eigenvalue weighted by molar-refractivity contribution is -0.137. The van der Waals surface area contributed by atoms with Crippen LogP contribution < -0.4 is 5.32 Å². The van der Waals surface area contributed by atoms with Gasteiger partial charge in [-0.25, -0.2) is 0 Å². The highest BCUT2D eigenvalue weighted by molar-refractivity contribution is 7.51. The molecule has 1 unspecified atom stereocenters. The molecule has 0 aliphatic rings. The summed E-state index contributed by atoms with van der Waals surface area (Å²) in [5, 5.41) is 2.23. The number of amides is 1. The Balaban J connectivity index is 3.13. The predicted octanol–water partition coefficient (Wildman–Crippen LogP) is 2.06. The van der Waals surface area contributed by atoms with Gasteiger partial charge >= 0.3 is 13.8 Å². The number of nitrogens with one attached hydrogen (secondary N) is 1. The molecule has 1 aromatic carbocycles. The summed E-state index contributed by atoms with van der Waals surface area (Å²) in [7, 11) is -4.50. The van der Waals surface area contributed by atoms with Crippen LogP contribution in [0.3, 0.4) is 0 Å². The quantitative estimate of drug-likeness (QED) is 0.743. The number of benzene rings is 1. The number of rotatable bonds is 4. The molecule has 0 aliphatic heterocycles. The molecule has 0 saturated carbocycles. The molecular weight excluding hydrogens is 298 g/mol. The van der Waals surface area contributed by atoms with Crippen molar-refractivity contribution in [2.24, 2.45) is 0 Å². The third kappa shape index (κ3) is 5.32. The number of carbonyl (C=O) groups excluding carboxylic acids is 1. The van der Waals surface area contributed by atoms with Crippen LogP contribution in [0.25, 0.3) is 0 Å². The first-order valence-electron chi connectivity index (χ1n) is 5.48. The number of alkyl halides is 3. The molecule has 0 fully saturated rings. The Hall–Kier alpha value is -1.37. The average Bonchev–Trinajstić information content (AvgIpc) is 2.24. The van der Waals surface area contributed by atoms with Crippen LogP contribution in [0.1, 0.15) is 24.1 Å². The first-order chi connectivity index (χ1) is 8.99. The maximum absolute atomic E-state index is 12.6. The second-order valence-corrected chi connectivity index (χ2v) is 5.92. The number of halogens is 3. The largest absolute Gasteiger partial charge is 0.416 e. The Kier molecular flexibility index (Phi) is 4.96. The minimum atomic E-state index is -4.57. The van der Waals surface area contributed by atoms with Gasteiger partial charge in [0, 0.05) is 6.92 Å². The molecule has 0 spiro atoms. The van der Waals surface area contributed by atoms with E-state index >= 15 is 0 Å². The normalized spacial score (nSPS) is 13.9. The summed E-state index contributed by atoms with van der Waals surface area (Å²) >= 11 is 0.